The van der Waals surface area contributed by atoms with Crippen LogP contribution in [0, 0.1) is 5.92 Å². The van der Waals surface area contributed by atoms with Gasteiger partial charge < -0.3 is 0 Å². The lowest BCUT2D eigenvalue weighted by atomic mass is 9.90. The fraction of sp³-hybridized carbons (Fsp3) is 0.500. The third-order valence-corrected chi connectivity index (χ3v) is 2.99. The van der Waals surface area contributed by atoms with Crippen LogP contribution in [0.25, 0.3) is 0 Å². The van der Waals surface area contributed by atoms with Crippen LogP contribution in [0.1, 0.15) is 49.9 Å². The molecule has 16 heavy (non-hydrogen) atoms. The highest BCUT2D eigenvalue weighted by Crippen LogP contribution is 2.21. The van der Waals surface area contributed by atoms with E-state index in [1.54, 1.807) is 12.1 Å². The molecule has 0 atom stereocenters. The van der Waals surface area contributed by atoms with Gasteiger partial charge in [0.05, 0.1) is 0 Å². The molecule has 0 radical (unpaired) electrons. The highest BCUT2D eigenvalue weighted by molar-refractivity contribution is 6.31. The molecule has 0 saturated carbocycles. The van der Waals surface area contributed by atoms with Crippen LogP contribution >= 0.6 is 11.6 Å². The number of Topliss-reactive ketones (excluding diaryl/α,β-unsaturated/α-hetero) is 1. The quantitative estimate of drug-likeness (QED) is 0.655. The molecular weight excluding hydrogens is 220 g/mol. The van der Waals surface area contributed by atoms with E-state index in [2.05, 4.69) is 13.8 Å². The maximum absolute atomic E-state index is 12.2. The van der Waals surface area contributed by atoms with Crippen LogP contribution < -0.4 is 0 Å². The van der Waals surface area contributed by atoms with E-state index in [0.717, 1.165) is 31.2 Å². The van der Waals surface area contributed by atoms with Crippen LogP contribution in [0.2, 0.25) is 5.02 Å². The zero-order chi connectivity index (χ0) is 12.0. The molecule has 0 aliphatic rings. The minimum atomic E-state index is 0.161. The van der Waals surface area contributed by atoms with Crippen LogP contribution in [0.3, 0.4) is 0 Å². The Balaban J connectivity index is 2.81. The second kappa shape index (κ2) is 6.70. The standard InChI is InChI=1S/C14H19ClO/c1-3-6-11(7-4-2)14(16)12-8-5-9-13(15)10-12/h5,8-11H,3-4,6-7H2,1-2H3. The van der Waals surface area contributed by atoms with Gasteiger partial charge in [0.1, 0.15) is 0 Å². The summed E-state index contributed by atoms with van der Waals surface area (Å²) >= 11 is 5.90. The lowest BCUT2D eigenvalue weighted by molar-refractivity contribution is 0.0905. The Morgan fingerprint density at radius 3 is 2.38 bits per heavy atom. The van der Waals surface area contributed by atoms with Crippen molar-refractivity contribution in [3.8, 4) is 0 Å². The highest BCUT2D eigenvalue weighted by Gasteiger charge is 2.18. The maximum Gasteiger partial charge on any atom is 0.165 e. The largest absolute Gasteiger partial charge is 0.294 e. The molecule has 1 aromatic carbocycles. The fourth-order valence-corrected chi connectivity index (χ4v) is 2.17. The minimum Gasteiger partial charge on any atom is -0.294 e. The predicted molar refractivity (Wildman–Crippen MR) is 69.1 cm³/mol. The Morgan fingerprint density at radius 1 is 1.25 bits per heavy atom. The molecule has 1 aromatic rings. The first kappa shape index (κ1) is 13.2. The Hall–Kier alpha value is -0.820. The third kappa shape index (κ3) is 3.64. The lowest BCUT2D eigenvalue weighted by Gasteiger charge is -2.13. The summed E-state index contributed by atoms with van der Waals surface area (Å²) < 4.78 is 0. The molecule has 0 aliphatic heterocycles. The zero-order valence-corrected chi connectivity index (χ0v) is 10.8. The number of hydrogen-bond acceptors (Lipinski definition) is 1. The van der Waals surface area contributed by atoms with Gasteiger partial charge in [-0.3, -0.25) is 4.79 Å². The Kier molecular flexibility index (Phi) is 5.54. The monoisotopic (exact) mass is 238 g/mol. The molecule has 88 valence electrons. The first-order chi connectivity index (χ1) is 7.69. The molecule has 0 unspecified atom stereocenters. The summed E-state index contributed by atoms with van der Waals surface area (Å²) in [6, 6.07) is 7.26. The Labute approximate surface area is 103 Å². The van der Waals surface area contributed by atoms with Gasteiger partial charge in [0.2, 0.25) is 0 Å². The molecule has 0 spiro atoms. The summed E-state index contributed by atoms with van der Waals surface area (Å²) in [4.78, 5) is 12.2. The molecule has 1 rings (SSSR count). The first-order valence-corrected chi connectivity index (χ1v) is 6.36. The van der Waals surface area contributed by atoms with Crippen molar-refractivity contribution in [2.45, 2.75) is 39.5 Å². The van der Waals surface area contributed by atoms with Gasteiger partial charge >= 0.3 is 0 Å². The first-order valence-electron chi connectivity index (χ1n) is 5.98. The van der Waals surface area contributed by atoms with Crippen LogP contribution in [0.5, 0.6) is 0 Å². The zero-order valence-electron chi connectivity index (χ0n) is 10.0. The van der Waals surface area contributed by atoms with E-state index in [9.17, 15) is 4.79 Å². The van der Waals surface area contributed by atoms with Gasteiger partial charge in [-0.15, -0.1) is 0 Å². The Bertz CT molecular complexity index is 340. The second-order valence-electron chi connectivity index (χ2n) is 4.15. The van der Waals surface area contributed by atoms with Crippen molar-refractivity contribution >= 4 is 17.4 Å². The summed E-state index contributed by atoms with van der Waals surface area (Å²) in [5.74, 6) is 0.402. The molecular formula is C14H19ClO. The van der Waals surface area contributed by atoms with E-state index in [-0.39, 0.29) is 11.7 Å². The van der Waals surface area contributed by atoms with Crippen LogP contribution in [0.4, 0.5) is 0 Å². The SMILES string of the molecule is CCCC(CCC)C(=O)c1cccc(Cl)c1. The van der Waals surface area contributed by atoms with Crippen molar-refractivity contribution in [2.24, 2.45) is 5.92 Å². The lowest BCUT2D eigenvalue weighted by Crippen LogP contribution is -2.14. The molecule has 0 saturated heterocycles. The molecule has 0 heterocycles. The number of carbonyl (C=O) groups is 1. The van der Waals surface area contributed by atoms with Crippen LogP contribution in [-0.4, -0.2) is 5.78 Å². The van der Waals surface area contributed by atoms with Gasteiger partial charge in [-0.2, -0.15) is 0 Å². The number of hydrogen-bond donors (Lipinski definition) is 0. The molecule has 0 N–H and O–H groups in total. The normalized spacial score (nSPS) is 10.8. The summed E-state index contributed by atoms with van der Waals surface area (Å²) in [6.45, 7) is 4.24. The van der Waals surface area contributed by atoms with Gasteiger partial charge in [0.15, 0.2) is 5.78 Å². The van der Waals surface area contributed by atoms with Crippen molar-refractivity contribution in [3.05, 3.63) is 34.9 Å². The van der Waals surface area contributed by atoms with E-state index in [1.165, 1.54) is 0 Å². The maximum atomic E-state index is 12.2. The van der Waals surface area contributed by atoms with Crippen LogP contribution in [-0.2, 0) is 0 Å². The van der Waals surface area contributed by atoms with E-state index in [4.69, 9.17) is 11.6 Å². The summed E-state index contributed by atoms with van der Waals surface area (Å²) in [7, 11) is 0. The Morgan fingerprint density at radius 2 is 1.88 bits per heavy atom. The van der Waals surface area contributed by atoms with Crippen molar-refractivity contribution in [1.82, 2.24) is 0 Å². The highest BCUT2D eigenvalue weighted by atomic mass is 35.5. The number of halogens is 1. The topological polar surface area (TPSA) is 17.1 Å². The number of carbonyl (C=O) groups excluding carboxylic acids is 1. The van der Waals surface area contributed by atoms with Gasteiger partial charge in [-0.05, 0) is 25.0 Å². The average molecular weight is 239 g/mol. The van der Waals surface area contributed by atoms with Crippen molar-refractivity contribution in [3.63, 3.8) is 0 Å². The van der Waals surface area contributed by atoms with Gasteiger partial charge in [-0.1, -0.05) is 50.4 Å². The predicted octanol–water partition coefficient (Wildman–Crippen LogP) is 4.74. The molecule has 0 bridgehead atoms. The van der Waals surface area contributed by atoms with Gasteiger partial charge in [0, 0.05) is 16.5 Å². The average Bonchev–Trinajstić information content (AvgIpc) is 2.28. The fourth-order valence-electron chi connectivity index (χ4n) is 1.98. The third-order valence-electron chi connectivity index (χ3n) is 2.75. The van der Waals surface area contributed by atoms with E-state index in [0.29, 0.717) is 5.02 Å². The van der Waals surface area contributed by atoms with Crippen molar-refractivity contribution in [2.75, 3.05) is 0 Å². The van der Waals surface area contributed by atoms with Gasteiger partial charge in [-0.25, -0.2) is 0 Å². The molecule has 0 aliphatic carbocycles. The molecule has 0 amide bonds. The summed E-state index contributed by atoms with van der Waals surface area (Å²) in [5, 5.41) is 0.637. The summed E-state index contributed by atoms with van der Waals surface area (Å²) in [5.41, 5.74) is 0.749. The van der Waals surface area contributed by atoms with E-state index in [1.807, 2.05) is 12.1 Å². The van der Waals surface area contributed by atoms with E-state index < -0.39 is 0 Å². The molecule has 0 fully saturated rings. The molecule has 1 nitrogen and oxygen atoms in total. The molecule has 0 aromatic heterocycles. The number of rotatable bonds is 6. The van der Waals surface area contributed by atoms with E-state index >= 15 is 0 Å². The smallest absolute Gasteiger partial charge is 0.165 e. The van der Waals surface area contributed by atoms with Crippen molar-refractivity contribution < 1.29 is 4.79 Å². The number of ketones is 1. The van der Waals surface area contributed by atoms with Crippen LogP contribution in [0.15, 0.2) is 24.3 Å². The number of benzene rings is 1. The van der Waals surface area contributed by atoms with Crippen molar-refractivity contribution in [1.29, 1.82) is 0 Å². The second-order valence-corrected chi connectivity index (χ2v) is 4.59. The van der Waals surface area contributed by atoms with Gasteiger partial charge in [0.25, 0.3) is 0 Å². The minimum absolute atomic E-state index is 0.161. The molecule has 2 heteroatoms. The summed E-state index contributed by atoms with van der Waals surface area (Å²) in [6.07, 6.45) is 4.05.